The summed E-state index contributed by atoms with van der Waals surface area (Å²) in [6.45, 7) is 0. The van der Waals surface area contributed by atoms with E-state index >= 15 is 0 Å². The van der Waals surface area contributed by atoms with Gasteiger partial charge in [0.1, 0.15) is 0 Å². The highest BCUT2D eigenvalue weighted by molar-refractivity contribution is 7.99. The average molecular weight is 437 g/mol. The Labute approximate surface area is 177 Å². The van der Waals surface area contributed by atoms with Crippen LogP contribution in [0.2, 0.25) is 0 Å². The van der Waals surface area contributed by atoms with Crippen molar-refractivity contribution in [2.45, 2.75) is 5.16 Å². The van der Waals surface area contributed by atoms with Gasteiger partial charge in [0.2, 0.25) is 5.65 Å². The highest BCUT2D eigenvalue weighted by Gasteiger charge is 2.16. The van der Waals surface area contributed by atoms with Crippen LogP contribution in [0.4, 0.5) is 8.78 Å². The Kier molecular flexibility index (Phi) is 4.63. The second kappa shape index (κ2) is 7.47. The van der Waals surface area contributed by atoms with Crippen molar-refractivity contribution in [3.63, 3.8) is 0 Å². The highest BCUT2D eigenvalue weighted by atomic mass is 32.2. The number of Topliss-reactive ketones (excluding diaryl/α,β-unsaturated/α-hetero) is 1. The standard InChI is InChI=1S/C21H13F2N5O2S/c22-15-6-5-12(9-16(15)23)27-7-8-28-19(20(27)30)25-26-21(28)31-11-18(29)14-10-24-17-4-2-1-3-13(14)17/h1-10,24H,11H2. The maximum atomic E-state index is 13.5. The summed E-state index contributed by atoms with van der Waals surface area (Å²) >= 11 is 1.15. The van der Waals surface area contributed by atoms with Crippen LogP contribution in [0.3, 0.4) is 0 Å². The third kappa shape index (κ3) is 3.30. The molecule has 10 heteroatoms. The van der Waals surface area contributed by atoms with Gasteiger partial charge in [0.05, 0.1) is 11.4 Å². The normalized spacial score (nSPS) is 11.4. The molecule has 0 aliphatic rings. The molecule has 0 unspecified atom stereocenters. The van der Waals surface area contributed by atoms with Crippen LogP contribution in [0.15, 0.2) is 71.0 Å². The van der Waals surface area contributed by atoms with Crippen LogP contribution in [-0.2, 0) is 0 Å². The maximum absolute atomic E-state index is 13.5. The summed E-state index contributed by atoms with van der Waals surface area (Å²) in [5.74, 6) is -2.04. The molecular weight excluding hydrogens is 424 g/mol. The summed E-state index contributed by atoms with van der Waals surface area (Å²) in [6, 6.07) is 10.7. The van der Waals surface area contributed by atoms with Crippen LogP contribution in [0.1, 0.15) is 10.4 Å². The number of ketones is 1. The molecular formula is C21H13F2N5O2S. The van der Waals surface area contributed by atoms with Crippen molar-refractivity contribution in [1.82, 2.24) is 24.1 Å². The van der Waals surface area contributed by atoms with Crippen molar-refractivity contribution in [3.05, 3.63) is 88.6 Å². The molecule has 0 bridgehead atoms. The number of hydrogen-bond acceptors (Lipinski definition) is 5. The number of hydrogen-bond donors (Lipinski definition) is 1. The van der Waals surface area contributed by atoms with Crippen LogP contribution >= 0.6 is 11.8 Å². The van der Waals surface area contributed by atoms with Crippen molar-refractivity contribution < 1.29 is 13.6 Å². The summed E-state index contributed by atoms with van der Waals surface area (Å²) in [5, 5.41) is 9.13. The molecule has 0 aliphatic carbocycles. The number of fused-ring (bicyclic) bond motifs is 2. The molecule has 0 saturated heterocycles. The molecule has 3 heterocycles. The van der Waals surface area contributed by atoms with Crippen LogP contribution in [-0.4, -0.2) is 35.7 Å². The van der Waals surface area contributed by atoms with Gasteiger partial charge in [-0.2, -0.15) is 0 Å². The molecule has 1 N–H and O–H groups in total. The summed E-state index contributed by atoms with van der Waals surface area (Å²) in [6.07, 6.45) is 4.63. The zero-order valence-corrected chi connectivity index (χ0v) is 16.6. The van der Waals surface area contributed by atoms with E-state index < -0.39 is 17.2 Å². The van der Waals surface area contributed by atoms with Crippen LogP contribution in [0, 0.1) is 11.6 Å². The van der Waals surface area contributed by atoms with E-state index in [1.54, 1.807) is 6.20 Å². The predicted molar refractivity (Wildman–Crippen MR) is 112 cm³/mol. The van der Waals surface area contributed by atoms with Gasteiger partial charge in [-0.25, -0.2) is 8.78 Å². The minimum Gasteiger partial charge on any atom is -0.360 e. The fraction of sp³-hybridized carbons (Fsp3) is 0.0476. The average Bonchev–Trinajstić information content (AvgIpc) is 3.39. The fourth-order valence-electron chi connectivity index (χ4n) is 3.31. The van der Waals surface area contributed by atoms with Crippen molar-refractivity contribution >= 4 is 34.1 Å². The third-order valence-electron chi connectivity index (χ3n) is 4.84. The van der Waals surface area contributed by atoms with E-state index in [9.17, 15) is 18.4 Å². The minimum absolute atomic E-state index is 0.00859. The van der Waals surface area contributed by atoms with Crippen molar-refractivity contribution in [2.75, 3.05) is 5.75 Å². The van der Waals surface area contributed by atoms with Gasteiger partial charge in [-0.1, -0.05) is 30.0 Å². The SMILES string of the molecule is O=C(CSc1nnc2c(=O)n(-c3ccc(F)c(F)c3)ccn12)c1c[nH]c2ccccc12. The molecule has 0 aliphatic heterocycles. The topological polar surface area (TPSA) is 85.0 Å². The Morgan fingerprint density at radius 3 is 2.74 bits per heavy atom. The van der Waals surface area contributed by atoms with Crippen molar-refractivity contribution in [3.8, 4) is 5.69 Å². The van der Waals surface area contributed by atoms with Gasteiger partial charge < -0.3 is 4.98 Å². The van der Waals surface area contributed by atoms with Gasteiger partial charge in [-0.3, -0.25) is 18.6 Å². The van der Waals surface area contributed by atoms with Crippen molar-refractivity contribution in [2.24, 2.45) is 0 Å². The van der Waals surface area contributed by atoms with E-state index in [4.69, 9.17) is 0 Å². The number of thioether (sulfide) groups is 1. The molecule has 31 heavy (non-hydrogen) atoms. The lowest BCUT2D eigenvalue weighted by Gasteiger charge is -2.06. The van der Waals surface area contributed by atoms with Gasteiger partial charge in [0.15, 0.2) is 22.6 Å². The summed E-state index contributed by atoms with van der Waals surface area (Å²) in [7, 11) is 0. The molecule has 0 amide bonds. The van der Waals surface area contributed by atoms with Gasteiger partial charge in [0, 0.05) is 41.1 Å². The molecule has 7 nitrogen and oxygen atoms in total. The molecule has 5 rings (SSSR count). The first-order chi connectivity index (χ1) is 15.0. The smallest absolute Gasteiger partial charge is 0.300 e. The molecule has 3 aromatic heterocycles. The quantitative estimate of drug-likeness (QED) is 0.335. The van der Waals surface area contributed by atoms with E-state index in [0.29, 0.717) is 10.7 Å². The Balaban J connectivity index is 1.42. The number of nitrogens with one attached hydrogen (secondary N) is 1. The van der Waals surface area contributed by atoms with E-state index in [0.717, 1.165) is 39.4 Å². The number of para-hydroxylation sites is 1. The first kappa shape index (κ1) is 19.2. The number of aromatic amines is 1. The lowest BCUT2D eigenvalue weighted by molar-refractivity contribution is 0.102. The summed E-state index contributed by atoms with van der Waals surface area (Å²) in [5.41, 5.74) is 1.09. The number of carbonyl (C=O) groups excluding carboxylic acids is 1. The largest absolute Gasteiger partial charge is 0.360 e. The molecule has 5 aromatic rings. The number of rotatable bonds is 5. The molecule has 154 valence electrons. The number of H-pyrrole nitrogens is 1. The number of carbonyl (C=O) groups is 1. The zero-order chi connectivity index (χ0) is 21.5. The lowest BCUT2D eigenvalue weighted by Crippen LogP contribution is -2.20. The zero-order valence-electron chi connectivity index (χ0n) is 15.8. The van der Waals surface area contributed by atoms with Crippen LogP contribution in [0.25, 0.3) is 22.2 Å². The Morgan fingerprint density at radius 2 is 1.90 bits per heavy atom. The second-order valence-electron chi connectivity index (χ2n) is 6.71. The Bertz CT molecular complexity index is 1520. The third-order valence-corrected chi connectivity index (χ3v) is 5.79. The van der Waals surface area contributed by atoms with Gasteiger partial charge in [0.25, 0.3) is 0 Å². The van der Waals surface area contributed by atoms with Gasteiger partial charge in [-0.15, -0.1) is 10.2 Å². The van der Waals surface area contributed by atoms with Crippen molar-refractivity contribution in [1.29, 1.82) is 0 Å². The number of aromatic nitrogens is 5. The van der Waals surface area contributed by atoms with E-state index in [1.807, 2.05) is 24.3 Å². The predicted octanol–water partition coefficient (Wildman–Crippen LogP) is 3.61. The highest BCUT2D eigenvalue weighted by Crippen LogP contribution is 2.22. The Morgan fingerprint density at radius 1 is 1.06 bits per heavy atom. The first-order valence-corrected chi connectivity index (χ1v) is 10.2. The van der Waals surface area contributed by atoms with Crippen LogP contribution in [0.5, 0.6) is 0 Å². The van der Waals surface area contributed by atoms with Gasteiger partial charge >= 0.3 is 5.56 Å². The summed E-state index contributed by atoms with van der Waals surface area (Å²) < 4.78 is 29.3. The van der Waals surface area contributed by atoms with E-state index in [2.05, 4.69) is 15.2 Å². The van der Waals surface area contributed by atoms with Crippen LogP contribution < -0.4 is 5.56 Å². The molecule has 0 fully saturated rings. The number of halogens is 2. The summed E-state index contributed by atoms with van der Waals surface area (Å²) in [4.78, 5) is 28.5. The lowest BCUT2D eigenvalue weighted by atomic mass is 10.1. The fourth-order valence-corrected chi connectivity index (χ4v) is 4.11. The number of nitrogens with zero attached hydrogens (tertiary/aromatic N) is 4. The minimum atomic E-state index is -1.06. The van der Waals surface area contributed by atoms with E-state index in [-0.39, 0.29) is 22.9 Å². The monoisotopic (exact) mass is 437 g/mol. The first-order valence-electron chi connectivity index (χ1n) is 9.17. The maximum Gasteiger partial charge on any atom is 0.300 e. The molecule has 0 spiro atoms. The van der Waals surface area contributed by atoms with Gasteiger partial charge in [-0.05, 0) is 18.2 Å². The van der Waals surface area contributed by atoms with E-state index in [1.165, 1.54) is 22.9 Å². The molecule has 2 aromatic carbocycles. The molecule has 0 saturated carbocycles. The second-order valence-corrected chi connectivity index (χ2v) is 7.65. The Hall–Kier alpha value is -3.79. The molecule has 0 radical (unpaired) electrons. The molecule has 0 atom stereocenters. The number of benzene rings is 2.